The van der Waals surface area contributed by atoms with Gasteiger partial charge < -0.3 is 10.4 Å². The highest BCUT2D eigenvalue weighted by molar-refractivity contribution is 5.94. The minimum absolute atomic E-state index is 0.0375. The largest absolute Gasteiger partial charge is 0.396 e. The molecule has 2 N–H and O–H groups in total. The molecule has 1 aromatic carbocycles. The van der Waals surface area contributed by atoms with E-state index in [0.717, 1.165) is 13.1 Å². The molecule has 0 aromatic heterocycles. The van der Waals surface area contributed by atoms with Gasteiger partial charge in [0.1, 0.15) is 0 Å². The van der Waals surface area contributed by atoms with Crippen molar-refractivity contribution in [3.63, 3.8) is 0 Å². The second-order valence-electron chi connectivity index (χ2n) is 5.93. The lowest BCUT2D eigenvalue weighted by Crippen LogP contribution is -2.43. The molecular weight excluding hydrogens is 252 g/mol. The number of aliphatic hydroxyl groups is 1. The Labute approximate surface area is 119 Å². The molecule has 0 bridgehead atoms. The number of hydrogen-bond donors (Lipinski definition) is 2. The van der Waals surface area contributed by atoms with Crippen molar-refractivity contribution in [1.82, 2.24) is 10.2 Å². The molecule has 0 unspecified atom stereocenters. The number of rotatable bonds is 4. The van der Waals surface area contributed by atoms with Gasteiger partial charge in [-0.1, -0.05) is 24.6 Å². The van der Waals surface area contributed by atoms with Crippen molar-refractivity contribution in [2.45, 2.75) is 31.3 Å². The van der Waals surface area contributed by atoms with E-state index in [1.165, 1.54) is 19.3 Å². The summed E-state index contributed by atoms with van der Waals surface area (Å²) in [5.74, 6) is 0.118. The van der Waals surface area contributed by atoms with Crippen molar-refractivity contribution in [3.8, 4) is 0 Å². The van der Waals surface area contributed by atoms with E-state index in [-0.39, 0.29) is 24.5 Å². The van der Waals surface area contributed by atoms with Crippen molar-refractivity contribution in [1.29, 1.82) is 0 Å². The third-order valence-corrected chi connectivity index (χ3v) is 4.65. The first-order valence-corrected chi connectivity index (χ1v) is 7.48. The van der Waals surface area contributed by atoms with Crippen LogP contribution in [0, 0.1) is 5.92 Å². The molecule has 1 aliphatic heterocycles. The van der Waals surface area contributed by atoms with Crippen LogP contribution in [0.25, 0.3) is 0 Å². The molecule has 1 amide bonds. The molecule has 4 heteroatoms. The van der Waals surface area contributed by atoms with E-state index >= 15 is 0 Å². The fraction of sp³-hybridized carbons (Fsp3) is 0.562. The molecule has 1 heterocycles. The number of nitrogens with one attached hydrogen (secondary N) is 1. The number of carbonyl (C=O) groups is 1. The van der Waals surface area contributed by atoms with E-state index in [1.54, 1.807) is 0 Å². The molecule has 2 aliphatic rings. The van der Waals surface area contributed by atoms with Crippen molar-refractivity contribution in [2.75, 3.05) is 19.7 Å². The summed E-state index contributed by atoms with van der Waals surface area (Å²) in [5.41, 5.74) is 0.686. The summed E-state index contributed by atoms with van der Waals surface area (Å²) in [6.45, 7) is 1.92. The number of amides is 1. The van der Waals surface area contributed by atoms with Crippen LogP contribution in [-0.2, 0) is 0 Å². The lowest BCUT2D eigenvalue weighted by atomic mass is 9.92. The van der Waals surface area contributed by atoms with Gasteiger partial charge in [0.2, 0.25) is 0 Å². The Bertz CT molecular complexity index is 459. The van der Waals surface area contributed by atoms with Crippen LogP contribution in [0.1, 0.15) is 29.6 Å². The molecular formula is C16H22N2O2. The van der Waals surface area contributed by atoms with Crippen LogP contribution >= 0.6 is 0 Å². The van der Waals surface area contributed by atoms with E-state index < -0.39 is 0 Å². The predicted molar refractivity (Wildman–Crippen MR) is 77.5 cm³/mol. The highest BCUT2D eigenvalue weighted by Crippen LogP contribution is 2.29. The molecule has 1 aromatic rings. The van der Waals surface area contributed by atoms with Crippen LogP contribution in [-0.4, -0.2) is 47.7 Å². The number of nitrogens with zero attached hydrogens (tertiary/aromatic N) is 1. The summed E-state index contributed by atoms with van der Waals surface area (Å²) >= 11 is 0. The van der Waals surface area contributed by atoms with Crippen molar-refractivity contribution in [3.05, 3.63) is 35.9 Å². The van der Waals surface area contributed by atoms with Crippen LogP contribution in [0.15, 0.2) is 30.3 Å². The van der Waals surface area contributed by atoms with Crippen LogP contribution in [0.4, 0.5) is 0 Å². The first-order chi connectivity index (χ1) is 9.78. The van der Waals surface area contributed by atoms with Crippen molar-refractivity contribution >= 4 is 5.91 Å². The van der Waals surface area contributed by atoms with E-state index in [4.69, 9.17) is 0 Å². The van der Waals surface area contributed by atoms with Gasteiger partial charge in [-0.25, -0.2) is 0 Å². The number of likely N-dealkylation sites (tertiary alicyclic amines) is 1. The zero-order valence-corrected chi connectivity index (χ0v) is 11.7. The maximum absolute atomic E-state index is 12.2. The fourth-order valence-electron chi connectivity index (χ4n) is 3.14. The Morgan fingerprint density at radius 2 is 2.00 bits per heavy atom. The summed E-state index contributed by atoms with van der Waals surface area (Å²) < 4.78 is 0. The molecule has 108 valence electrons. The second-order valence-corrected chi connectivity index (χ2v) is 5.93. The van der Waals surface area contributed by atoms with Gasteiger partial charge in [-0.2, -0.15) is 0 Å². The molecule has 1 aliphatic carbocycles. The SMILES string of the molecule is O=C(N[C@@H]1CN(C2CCC2)C[C@H]1CO)c1ccccc1. The molecule has 3 rings (SSSR count). The van der Waals surface area contributed by atoms with Gasteiger partial charge in [-0.05, 0) is 25.0 Å². The van der Waals surface area contributed by atoms with Crippen LogP contribution in [0.5, 0.6) is 0 Å². The summed E-state index contributed by atoms with van der Waals surface area (Å²) in [7, 11) is 0. The van der Waals surface area contributed by atoms with Gasteiger partial charge in [0, 0.05) is 43.3 Å². The van der Waals surface area contributed by atoms with Crippen LogP contribution < -0.4 is 5.32 Å². The Hall–Kier alpha value is -1.39. The molecule has 0 spiro atoms. The third-order valence-electron chi connectivity index (χ3n) is 4.65. The lowest BCUT2D eigenvalue weighted by molar-refractivity contribution is 0.0919. The molecule has 20 heavy (non-hydrogen) atoms. The van der Waals surface area contributed by atoms with Gasteiger partial charge >= 0.3 is 0 Å². The number of benzene rings is 1. The zero-order chi connectivity index (χ0) is 13.9. The zero-order valence-electron chi connectivity index (χ0n) is 11.7. The van der Waals surface area contributed by atoms with Crippen LogP contribution in [0.3, 0.4) is 0 Å². The van der Waals surface area contributed by atoms with Crippen molar-refractivity contribution < 1.29 is 9.90 Å². The highest BCUT2D eigenvalue weighted by atomic mass is 16.3. The predicted octanol–water partition coefficient (Wildman–Crippen LogP) is 1.26. The topological polar surface area (TPSA) is 52.6 Å². The smallest absolute Gasteiger partial charge is 0.251 e. The highest BCUT2D eigenvalue weighted by Gasteiger charge is 2.38. The van der Waals surface area contributed by atoms with Crippen LogP contribution in [0.2, 0.25) is 0 Å². The van der Waals surface area contributed by atoms with E-state index in [0.29, 0.717) is 11.6 Å². The molecule has 2 atom stereocenters. The van der Waals surface area contributed by atoms with E-state index in [1.807, 2.05) is 30.3 Å². The quantitative estimate of drug-likeness (QED) is 0.869. The summed E-state index contributed by atoms with van der Waals surface area (Å²) in [6, 6.07) is 10.0. The second kappa shape index (κ2) is 5.94. The number of hydrogen-bond acceptors (Lipinski definition) is 3. The van der Waals surface area contributed by atoms with Gasteiger partial charge in [0.05, 0.1) is 0 Å². The Balaban J connectivity index is 1.62. The Kier molecular flexibility index (Phi) is 4.03. The average Bonchev–Trinajstić information content (AvgIpc) is 2.80. The maximum Gasteiger partial charge on any atom is 0.251 e. The summed E-state index contributed by atoms with van der Waals surface area (Å²) in [5, 5.41) is 12.6. The lowest BCUT2D eigenvalue weighted by Gasteiger charge is -2.34. The number of aliphatic hydroxyl groups excluding tert-OH is 1. The van der Waals surface area contributed by atoms with Gasteiger partial charge in [0.25, 0.3) is 5.91 Å². The minimum atomic E-state index is -0.0375. The first-order valence-electron chi connectivity index (χ1n) is 7.48. The minimum Gasteiger partial charge on any atom is -0.396 e. The molecule has 4 nitrogen and oxygen atoms in total. The molecule has 1 saturated heterocycles. The van der Waals surface area contributed by atoms with Crippen molar-refractivity contribution in [2.24, 2.45) is 5.92 Å². The van der Waals surface area contributed by atoms with Gasteiger partial charge in [0.15, 0.2) is 0 Å². The monoisotopic (exact) mass is 274 g/mol. The Morgan fingerprint density at radius 3 is 2.60 bits per heavy atom. The fourth-order valence-corrected chi connectivity index (χ4v) is 3.14. The van der Waals surface area contributed by atoms with E-state index in [2.05, 4.69) is 10.2 Å². The molecule has 0 radical (unpaired) electrons. The molecule has 2 fully saturated rings. The Morgan fingerprint density at radius 1 is 1.25 bits per heavy atom. The maximum atomic E-state index is 12.2. The van der Waals surface area contributed by atoms with Gasteiger partial charge in [-0.15, -0.1) is 0 Å². The summed E-state index contributed by atoms with van der Waals surface area (Å²) in [4.78, 5) is 14.6. The number of carbonyl (C=O) groups excluding carboxylic acids is 1. The first kappa shape index (κ1) is 13.6. The summed E-state index contributed by atoms with van der Waals surface area (Å²) in [6.07, 6.45) is 3.83. The normalized spacial score (nSPS) is 27.2. The standard InChI is InChI=1S/C16H22N2O2/c19-11-13-9-18(14-7-4-8-14)10-15(13)17-16(20)12-5-2-1-3-6-12/h1-3,5-6,13-15,19H,4,7-11H2,(H,17,20)/t13-,15+/m0/s1. The average molecular weight is 274 g/mol. The molecule has 1 saturated carbocycles. The van der Waals surface area contributed by atoms with E-state index in [9.17, 15) is 9.90 Å². The third kappa shape index (κ3) is 2.72. The van der Waals surface area contributed by atoms with Gasteiger partial charge in [-0.3, -0.25) is 9.69 Å².